The summed E-state index contributed by atoms with van der Waals surface area (Å²) in [4.78, 5) is 0. The average molecular weight is 180 g/mol. The Labute approximate surface area is 82.4 Å². The van der Waals surface area contributed by atoms with E-state index in [2.05, 4.69) is 56.9 Å². The standard InChI is InChI=1S/C10H16N.C2H6/c1-10(2,3)9-6-5-7-11(4)8-9;1-2/h5-8H,1-4H3;1-2H3/q+1;. The minimum atomic E-state index is 0.263. The van der Waals surface area contributed by atoms with Gasteiger partial charge in [0.1, 0.15) is 7.05 Å². The quantitative estimate of drug-likeness (QED) is 0.541. The first-order chi connectivity index (χ1) is 6.00. The number of hydrogen-bond donors (Lipinski definition) is 0. The molecule has 1 aromatic heterocycles. The van der Waals surface area contributed by atoms with Crippen molar-refractivity contribution in [2.45, 2.75) is 40.0 Å². The third-order valence-electron chi connectivity index (χ3n) is 1.81. The Hall–Kier alpha value is -0.850. The topological polar surface area (TPSA) is 3.88 Å². The summed E-state index contributed by atoms with van der Waals surface area (Å²) in [7, 11) is 2.05. The molecule has 0 bridgehead atoms. The van der Waals surface area contributed by atoms with E-state index in [1.807, 2.05) is 13.8 Å². The van der Waals surface area contributed by atoms with Crippen LogP contribution in [0.2, 0.25) is 0 Å². The fraction of sp³-hybridized carbons (Fsp3) is 0.583. The van der Waals surface area contributed by atoms with Gasteiger partial charge in [0.25, 0.3) is 0 Å². The van der Waals surface area contributed by atoms with Crippen molar-refractivity contribution in [1.29, 1.82) is 0 Å². The molecule has 0 amide bonds. The Morgan fingerprint density at radius 1 is 1.15 bits per heavy atom. The van der Waals surface area contributed by atoms with E-state index in [-0.39, 0.29) is 5.41 Å². The molecule has 0 aromatic carbocycles. The van der Waals surface area contributed by atoms with Crippen LogP contribution in [0.15, 0.2) is 24.5 Å². The second-order valence-electron chi connectivity index (χ2n) is 4.01. The van der Waals surface area contributed by atoms with Gasteiger partial charge in [-0.25, -0.2) is 4.57 Å². The molecule has 0 aliphatic rings. The molecule has 13 heavy (non-hydrogen) atoms. The Kier molecular flexibility index (Phi) is 4.68. The lowest BCUT2D eigenvalue weighted by atomic mass is 9.88. The average Bonchev–Trinajstić information content (AvgIpc) is 2.06. The predicted octanol–water partition coefficient (Wildman–Crippen LogP) is 2.83. The van der Waals surface area contributed by atoms with Gasteiger partial charge in [-0.05, 0) is 11.5 Å². The van der Waals surface area contributed by atoms with Crippen molar-refractivity contribution < 1.29 is 4.57 Å². The lowest BCUT2D eigenvalue weighted by molar-refractivity contribution is -0.672. The molecule has 0 N–H and O–H groups in total. The minimum absolute atomic E-state index is 0.263. The van der Waals surface area contributed by atoms with E-state index in [1.165, 1.54) is 5.56 Å². The molecule has 0 atom stereocenters. The van der Waals surface area contributed by atoms with Gasteiger partial charge in [0.15, 0.2) is 12.4 Å². The van der Waals surface area contributed by atoms with Crippen molar-refractivity contribution in [3.63, 3.8) is 0 Å². The van der Waals surface area contributed by atoms with Gasteiger partial charge in [0.2, 0.25) is 0 Å². The summed E-state index contributed by atoms with van der Waals surface area (Å²) >= 11 is 0. The first-order valence-electron chi connectivity index (χ1n) is 4.96. The van der Waals surface area contributed by atoms with E-state index >= 15 is 0 Å². The molecule has 0 aliphatic carbocycles. The zero-order valence-electron chi connectivity index (χ0n) is 9.76. The number of hydrogen-bond acceptors (Lipinski definition) is 0. The highest BCUT2D eigenvalue weighted by atomic mass is 14.9. The van der Waals surface area contributed by atoms with Crippen molar-refractivity contribution in [3.05, 3.63) is 30.1 Å². The van der Waals surface area contributed by atoms with Gasteiger partial charge in [-0.2, -0.15) is 0 Å². The van der Waals surface area contributed by atoms with Crippen LogP contribution >= 0.6 is 0 Å². The summed E-state index contributed by atoms with van der Waals surface area (Å²) in [5.74, 6) is 0. The summed E-state index contributed by atoms with van der Waals surface area (Å²) in [6, 6.07) is 4.25. The van der Waals surface area contributed by atoms with Crippen LogP contribution in [0.1, 0.15) is 40.2 Å². The van der Waals surface area contributed by atoms with E-state index in [0.717, 1.165) is 0 Å². The van der Waals surface area contributed by atoms with Crippen molar-refractivity contribution in [2.75, 3.05) is 0 Å². The van der Waals surface area contributed by atoms with Gasteiger partial charge in [0, 0.05) is 11.6 Å². The fourth-order valence-corrected chi connectivity index (χ4v) is 1.03. The first-order valence-corrected chi connectivity index (χ1v) is 4.96. The van der Waals surface area contributed by atoms with Gasteiger partial charge >= 0.3 is 0 Å². The van der Waals surface area contributed by atoms with Gasteiger partial charge in [-0.3, -0.25) is 0 Å². The molecule has 0 aliphatic heterocycles. The Balaban J connectivity index is 0.000000671. The van der Waals surface area contributed by atoms with E-state index in [1.54, 1.807) is 0 Å². The Morgan fingerprint density at radius 3 is 2.00 bits per heavy atom. The van der Waals surface area contributed by atoms with Crippen LogP contribution in [0.3, 0.4) is 0 Å². The maximum atomic E-state index is 2.22. The fourth-order valence-electron chi connectivity index (χ4n) is 1.03. The van der Waals surface area contributed by atoms with Crippen molar-refractivity contribution in [1.82, 2.24) is 0 Å². The minimum Gasteiger partial charge on any atom is -0.208 e. The van der Waals surface area contributed by atoms with E-state index in [4.69, 9.17) is 0 Å². The predicted molar refractivity (Wildman–Crippen MR) is 57.7 cm³/mol. The highest BCUT2D eigenvalue weighted by molar-refractivity contribution is 5.15. The number of nitrogens with zero attached hydrogens (tertiary/aromatic N) is 1. The molecular formula is C12H22N+. The van der Waals surface area contributed by atoms with E-state index in [9.17, 15) is 0 Å². The molecule has 0 spiro atoms. The zero-order valence-corrected chi connectivity index (χ0v) is 9.76. The van der Waals surface area contributed by atoms with Gasteiger partial charge in [0.05, 0.1) is 0 Å². The van der Waals surface area contributed by atoms with Crippen LogP contribution in [0.5, 0.6) is 0 Å². The summed E-state index contributed by atoms with van der Waals surface area (Å²) in [5.41, 5.74) is 1.64. The maximum Gasteiger partial charge on any atom is 0.172 e. The van der Waals surface area contributed by atoms with Crippen molar-refractivity contribution in [2.24, 2.45) is 7.05 Å². The van der Waals surface area contributed by atoms with Crippen LogP contribution in [-0.4, -0.2) is 0 Å². The van der Waals surface area contributed by atoms with Crippen LogP contribution in [0.25, 0.3) is 0 Å². The molecule has 1 heterocycles. The summed E-state index contributed by atoms with van der Waals surface area (Å²) in [6.07, 6.45) is 4.22. The Morgan fingerprint density at radius 2 is 1.69 bits per heavy atom. The molecular weight excluding hydrogens is 158 g/mol. The van der Waals surface area contributed by atoms with Crippen LogP contribution in [0, 0.1) is 0 Å². The molecule has 1 heteroatoms. The van der Waals surface area contributed by atoms with Gasteiger partial charge in [-0.15, -0.1) is 0 Å². The highest BCUT2D eigenvalue weighted by Crippen LogP contribution is 2.19. The van der Waals surface area contributed by atoms with Crippen LogP contribution in [-0.2, 0) is 12.5 Å². The molecule has 1 aromatic rings. The lowest BCUT2D eigenvalue weighted by Gasteiger charge is -2.16. The monoisotopic (exact) mass is 180 g/mol. The van der Waals surface area contributed by atoms with Gasteiger partial charge < -0.3 is 0 Å². The summed E-state index contributed by atoms with van der Waals surface area (Å²) in [6.45, 7) is 10.7. The Bertz CT molecular complexity index is 246. The third-order valence-corrected chi connectivity index (χ3v) is 1.81. The number of pyridine rings is 1. The molecule has 1 nitrogen and oxygen atoms in total. The van der Waals surface area contributed by atoms with Crippen LogP contribution < -0.4 is 4.57 Å². The molecule has 0 saturated heterocycles. The van der Waals surface area contributed by atoms with Crippen molar-refractivity contribution >= 4 is 0 Å². The number of aromatic nitrogens is 1. The summed E-state index contributed by atoms with van der Waals surface area (Å²) in [5, 5.41) is 0. The number of aryl methyl sites for hydroxylation is 1. The first kappa shape index (κ1) is 12.2. The normalized spacial score (nSPS) is 10.3. The molecule has 74 valence electrons. The lowest BCUT2D eigenvalue weighted by Crippen LogP contribution is -2.29. The largest absolute Gasteiger partial charge is 0.208 e. The van der Waals surface area contributed by atoms with E-state index in [0.29, 0.717) is 0 Å². The van der Waals surface area contributed by atoms with Crippen molar-refractivity contribution in [3.8, 4) is 0 Å². The third kappa shape index (κ3) is 4.07. The molecule has 0 unspecified atom stereocenters. The smallest absolute Gasteiger partial charge is 0.172 e. The number of rotatable bonds is 0. The zero-order chi connectivity index (χ0) is 10.5. The molecule has 1 rings (SSSR count). The maximum absolute atomic E-state index is 2.22. The SMILES string of the molecule is CC.C[n+]1cccc(C(C)(C)C)c1. The van der Waals surface area contributed by atoms with Gasteiger partial charge in [-0.1, -0.05) is 34.6 Å². The second kappa shape index (κ2) is 5.00. The molecule has 0 fully saturated rings. The highest BCUT2D eigenvalue weighted by Gasteiger charge is 2.15. The second-order valence-corrected chi connectivity index (χ2v) is 4.01. The summed E-state index contributed by atoms with van der Waals surface area (Å²) < 4.78 is 2.08. The molecule has 0 saturated carbocycles. The molecule has 0 radical (unpaired) electrons. The van der Waals surface area contributed by atoms with Crippen LogP contribution in [0.4, 0.5) is 0 Å². The van der Waals surface area contributed by atoms with E-state index < -0.39 is 0 Å².